The van der Waals surface area contributed by atoms with E-state index >= 15 is 0 Å². The minimum absolute atomic E-state index is 0.0681. The normalized spacial score (nSPS) is 11.3. The Labute approximate surface area is 117 Å². The predicted molar refractivity (Wildman–Crippen MR) is 75.2 cm³/mol. The number of aromatic nitrogens is 2. The summed E-state index contributed by atoms with van der Waals surface area (Å²) in [6, 6.07) is 3.20. The summed E-state index contributed by atoms with van der Waals surface area (Å²) < 4.78 is 1.93. The Balaban J connectivity index is 2.37. The second kappa shape index (κ2) is 4.99. The van der Waals surface area contributed by atoms with Gasteiger partial charge in [0.25, 0.3) is 0 Å². The van der Waals surface area contributed by atoms with E-state index in [1.807, 2.05) is 6.92 Å². The highest BCUT2D eigenvalue weighted by molar-refractivity contribution is 9.10. The van der Waals surface area contributed by atoms with Crippen LogP contribution in [-0.4, -0.2) is 21.0 Å². The van der Waals surface area contributed by atoms with Crippen LogP contribution < -0.4 is 5.73 Å². The van der Waals surface area contributed by atoms with Crippen molar-refractivity contribution in [2.24, 2.45) is 5.10 Å². The van der Waals surface area contributed by atoms with Crippen LogP contribution in [0, 0.1) is 6.92 Å². The maximum Gasteiger partial charge on any atom is 0.221 e. The molecule has 1 aromatic heterocycles. The molecule has 0 saturated heterocycles. The molecule has 18 heavy (non-hydrogen) atoms. The number of anilines is 1. The average Bonchev–Trinajstić information content (AvgIpc) is 2.60. The summed E-state index contributed by atoms with van der Waals surface area (Å²) in [6.45, 7) is 1.82. The van der Waals surface area contributed by atoms with Gasteiger partial charge in [0.05, 0.1) is 22.6 Å². The summed E-state index contributed by atoms with van der Waals surface area (Å²) in [5.74, 6) is 0.350. The van der Waals surface area contributed by atoms with E-state index in [2.05, 4.69) is 26.0 Å². The molecule has 0 amide bonds. The van der Waals surface area contributed by atoms with Crippen LogP contribution >= 0.6 is 27.5 Å². The molecule has 5 nitrogen and oxygen atoms in total. The minimum Gasteiger partial charge on any atom is -0.506 e. The number of aryl methyl sites for hydroxylation is 1. The van der Waals surface area contributed by atoms with Crippen LogP contribution in [0.3, 0.4) is 0 Å². The van der Waals surface area contributed by atoms with Crippen molar-refractivity contribution in [1.82, 2.24) is 9.66 Å². The largest absolute Gasteiger partial charge is 0.506 e. The number of hydrogen-bond acceptors (Lipinski definition) is 4. The summed E-state index contributed by atoms with van der Waals surface area (Å²) >= 11 is 9.09. The number of rotatable bonds is 2. The Morgan fingerprint density at radius 2 is 2.28 bits per heavy atom. The summed E-state index contributed by atoms with van der Waals surface area (Å²) in [4.78, 5) is 4.01. The van der Waals surface area contributed by atoms with Gasteiger partial charge in [-0.1, -0.05) is 11.6 Å². The van der Waals surface area contributed by atoms with Crippen molar-refractivity contribution in [3.63, 3.8) is 0 Å². The number of imidazole rings is 1. The standard InChI is InChI=1S/C11H10BrClN4O/c1-6-5-17(11(14)16-6)15-4-7-2-8(13)3-9(12)10(7)18/h2-5,18H,1H3,(H2,14,16). The molecule has 0 fully saturated rings. The summed E-state index contributed by atoms with van der Waals surface area (Å²) in [7, 11) is 0. The Bertz CT molecular complexity index is 624. The average molecular weight is 330 g/mol. The van der Waals surface area contributed by atoms with Gasteiger partial charge in [0.1, 0.15) is 5.75 Å². The quantitative estimate of drug-likeness (QED) is 0.832. The van der Waals surface area contributed by atoms with E-state index in [0.717, 1.165) is 5.69 Å². The lowest BCUT2D eigenvalue weighted by Gasteiger charge is -2.02. The van der Waals surface area contributed by atoms with Crippen LogP contribution in [0.2, 0.25) is 5.02 Å². The third kappa shape index (κ3) is 2.65. The number of benzene rings is 1. The molecule has 3 N–H and O–H groups in total. The lowest BCUT2D eigenvalue weighted by atomic mass is 10.2. The van der Waals surface area contributed by atoms with Gasteiger partial charge in [-0.2, -0.15) is 5.10 Å². The van der Waals surface area contributed by atoms with Gasteiger partial charge in [0.15, 0.2) is 0 Å². The van der Waals surface area contributed by atoms with Gasteiger partial charge in [-0.15, -0.1) is 0 Å². The molecule has 2 aromatic rings. The van der Waals surface area contributed by atoms with Crippen molar-refractivity contribution in [3.05, 3.63) is 39.1 Å². The van der Waals surface area contributed by atoms with Gasteiger partial charge in [0.2, 0.25) is 5.95 Å². The highest BCUT2D eigenvalue weighted by Gasteiger charge is 2.06. The molecule has 0 saturated carbocycles. The molecule has 0 aliphatic carbocycles. The number of hydrogen-bond donors (Lipinski definition) is 2. The first-order valence-electron chi connectivity index (χ1n) is 5.01. The summed E-state index contributed by atoms with van der Waals surface area (Å²) in [5.41, 5.74) is 6.89. The van der Waals surface area contributed by atoms with Crippen LogP contribution in [0.4, 0.5) is 5.95 Å². The van der Waals surface area contributed by atoms with Crippen molar-refractivity contribution < 1.29 is 5.11 Å². The Morgan fingerprint density at radius 1 is 1.56 bits per heavy atom. The van der Waals surface area contributed by atoms with Crippen LogP contribution in [0.15, 0.2) is 27.9 Å². The van der Waals surface area contributed by atoms with Crippen LogP contribution in [0.5, 0.6) is 5.75 Å². The molecule has 0 radical (unpaired) electrons. The van der Waals surface area contributed by atoms with Crippen LogP contribution in [0.25, 0.3) is 0 Å². The molecule has 1 heterocycles. The highest BCUT2D eigenvalue weighted by Crippen LogP contribution is 2.30. The maximum atomic E-state index is 9.82. The number of nitrogens with two attached hydrogens (primary N) is 1. The first-order chi connectivity index (χ1) is 8.47. The van der Waals surface area contributed by atoms with Gasteiger partial charge < -0.3 is 10.8 Å². The monoisotopic (exact) mass is 328 g/mol. The molecule has 94 valence electrons. The smallest absolute Gasteiger partial charge is 0.221 e. The number of aromatic hydroxyl groups is 1. The fourth-order valence-electron chi connectivity index (χ4n) is 1.41. The van der Waals surface area contributed by atoms with Crippen molar-refractivity contribution in [2.45, 2.75) is 6.92 Å². The first kappa shape index (κ1) is 12.9. The number of nitrogens with zero attached hydrogens (tertiary/aromatic N) is 3. The van der Waals surface area contributed by atoms with E-state index in [9.17, 15) is 5.11 Å². The molecular weight excluding hydrogens is 320 g/mol. The second-order valence-electron chi connectivity index (χ2n) is 3.66. The molecule has 0 unspecified atom stereocenters. The molecule has 0 atom stereocenters. The molecule has 2 rings (SSSR count). The molecule has 7 heteroatoms. The van der Waals surface area contributed by atoms with E-state index in [4.69, 9.17) is 17.3 Å². The van der Waals surface area contributed by atoms with Crippen molar-refractivity contribution in [2.75, 3.05) is 5.73 Å². The topological polar surface area (TPSA) is 76.4 Å². The van der Waals surface area contributed by atoms with Gasteiger partial charge in [-0.3, -0.25) is 0 Å². The van der Waals surface area contributed by atoms with Crippen LogP contribution in [-0.2, 0) is 0 Å². The SMILES string of the molecule is Cc1cn(N=Cc2cc(Cl)cc(Br)c2O)c(N)n1. The van der Waals surface area contributed by atoms with E-state index in [1.165, 1.54) is 10.9 Å². The third-order valence-electron chi connectivity index (χ3n) is 2.21. The highest BCUT2D eigenvalue weighted by atomic mass is 79.9. The Morgan fingerprint density at radius 3 is 2.89 bits per heavy atom. The summed E-state index contributed by atoms with van der Waals surface area (Å²) in [5, 5.41) is 14.4. The lowest BCUT2D eigenvalue weighted by molar-refractivity contribution is 0.471. The molecule has 1 aromatic carbocycles. The van der Waals surface area contributed by atoms with Gasteiger partial charge in [-0.25, -0.2) is 9.66 Å². The first-order valence-corrected chi connectivity index (χ1v) is 6.18. The van der Waals surface area contributed by atoms with Crippen molar-refractivity contribution in [1.29, 1.82) is 0 Å². The van der Waals surface area contributed by atoms with E-state index in [-0.39, 0.29) is 11.7 Å². The molecular formula is C11H10BrClN4O. The third-order valence-corrected chi connectivity index (χ3v) is 3.04. The van der Waals surface area contributed by atoms with Gasteiger partial charge in [-0.05, 0) is 35.0 Å². The summed E-state index contributed by atoms with van der Waals surface area (Å²) in [6.07, 6.45) is 3.14. The van der Waals surface area contributed by atoms with Crippen molar-refractivity contribution >= 4 is 39.7 Å². The molecule has 0 bridgehead atoms. The van der Waals surface area contributed by atoms with E-state index in [0.29, 0.717) is 15.1 Å². The minimum atomic E-state index is 0.0681. The van der Waals surface area contributed by atoms with E-state index < -0.39 is 0 Å². The zero-order valence-corrected chi connectivity index (χ0v) is 11.8. The fraction of sp³-hybridized carbons (Fsp3) is 0.0909. The predicted octanol–water partition coefficient (Wildman–Crippen LogP) is 2.78. The number of phenols is 1. The number of halogens is 2. The number of phenolic OH excluding ortho intramolecular Hbond substituents is 1. The van der Waals surface area contributed by atoms with Gasteiger partial charge in [0, 0.05) is 10.6 Å². The maximum absolute atomic E-state index is 9.82. The molecule has 0 aliphatic heterocycles. The lowest BCUT2D eigenvalue weighted by Crippen LogP contribution is -1.97. The van der Waals surface area contributed by atoms with Crippen molar-refractivity contribution in [3.8, 4) is 5.75 Å². The number of nitrogen functional groups attached to an aromatic ring is 1. The Hall–Kier alpha value is -1.53. The van der Waals surface area contributed by atoms with E-state index in [1.54, 1.807) is 18.3 Å². The second-order valence-corrected chi connectivity index (χ2v) is 4.95. The molecule has 0 spiro atoms. The zero-order valence-electron chi connectivity index (χ0n) is 9.43. The molecule has 0 aliphatic rings. The van der Waals surface area contributed by atoms with Crippen LogP contribution in [0.1, 0.15) is 11.3 Å². The fourth-order valence-corrected chi connectivity index (χ4v) is 2.24. The Kier molecular flexibility index (Phi) is 3.58. The van der Waals surface area contributed by atoms with Gasteiger partial charge >= 0.3 is 0 Å². The zero-order chi connectivity index (χ0) is 13.3.